The SMILES string of the molecule is CCCCCNC(=O)c1c(N)n(N=Cc2ccc(C(C)(C)C)cc2)c2nc3ccccc3nc12. The van der Waals surface area contributed by atoms with Gasteiger partial charge in [-0.3, -0.25) is 4.79 Å². The summed E-state index contributed by atoms with van der Waals surface area (Å²) in [6.07, 6.45) is 4.78. The molecule has 0 aliphatic heterocycles. The number of amides is 1. The summed E-state index contributed by atoms with van der Waals surface area (Å²) in [6.45, 7) is 9.26. The first-order chi connectivity index (χ1) is 16.3. The van der Waals surface area contributed by atoms with Crippen LogP contribution in [0.2, 0.25) is 0 Å². The largest absolute Gasteiger partial charge is 0.383 e. The van der Waals surface area contributed by atoms with Crippen molar-refractivity contribution in [1.29, 1.82) is 0 Å². The van der Waals surface area contributed by atoms with Gasteiger partial charge in [-0.15, -0.1) is 0 Å². The molecule has 34 heavy (non-hydrogen) atoms. The van der Waals surface area contributed by atoms with Crippen LogP contribution < -0.4 is 11.1 Å². The Labute approximate surface area is 200 Å². The Morgan fingerprint density at radius 1 is 1.06 bits per heavy atom. The molecule has 3 N–H and O–H groups in total. The van der Waals surface area contributed by atoms with Crippen molar-refractivity contribution in [3.8, 4) is 0 Å². The lowest BCUT2D eigenvalue weighted by Gasteiger charge is -2.18. The molecule has 2 heterocycles. The number of rotatable bonds is 7. The number of aromatic nitrogens is 3. The highest BCUT2D eigenvalue weighted by Crippen LogP contribution is 2.28. The minimum absolute atomic E-state index is 0.0762. The summed E-state index contributed by atoms with van der Waals surface area (Å²) in [7, 11) is 0. The molecular weight excluding hydrogens is 424 g/mol. The van der Waals surface area contributed by atoms with E-state index in [-0.39, 0.29) is 17.1 Å². The van der Waals surface area contributed by atoms with Crippen LogP contribution in [0.25, 0.3) is 22.2 Å². The molecular formula is C27H32N6O. The molecule has 4 aromatic rings. The zero-order valence-corrected chi connectivity index (χ0v) is 20.3. The van der Waals surface area contributed by atoms with Gasteiger partial charge in [0.15, 0.2) is 5.65 Å². The third-order valence-electron chi connectivity index (χ3n) is 5.87. The van der Waals surface area contributed by atoms with Crippen molar-refractivity contribution >= 4 is 40.1 Å². The summed E-state index contributed by atoms with van der Waals surface area (Å²) in [5.41, 5.74) is 11.3. The van der Waals surface area contributed by atoms with Crippen LogP contribution in [0.1, 0.15) is 68.4 Å². The molecule has 4 rings (SSSR count). The van der Waals surface area contributed by atoms with Crippen molar-refractivity contribution in [2.45, 2.75) is 52.4 Å². The van der Waals surface area contributed by atoms with Gasteiger partial charge in [0.25, 0.3) is 5.91 Å². The molecule has 176 valence electrons. The summed E-state index contributed by atoms with van der Waals surface area (Å²) in [4.78, 5) is 22.5. The zero-order valence-electron chi connectivity index (χ0n) is 20.3. The number of carbonyl (C=O) groups excluding carboxylic acids is 1. The van der Waals surface area contributed by atoms with Crippen LogP contribution in [0.15, 0.2) is 53.6 Å². The first-order valence-corrected chi connectivity index (χ1v) is 11.8. The molecule has 0 spiro atoms. The fourth-order valence-electron chi connectivity index (χ4n) is 3.85. The van der Waals surface area contributed by atoms with Gasteiger partial charge >= 0.3 is 0 Å². The molecule has 7 heteroatoms. The van der Waals surface area contributed by atoms with Gasteiger partial charge in [0.05, 0.1) is 17.2 Å². The molecule has 0 aliphatic rings. The monoisotopic (exact) mass is 456 g/mol. The lowest BCUT2D eigenvalue weighted by atomic mass is 9.87. The van der Waals surface area contributed by atoms with E-state index in [1.165, 1.54) is 10.2 Å². The van der Waals surface area contributed by atoms with E-state index in [0.717, 1.165) is 24.8 Å². The molecule has 0 radical (unpaired) electrons. The van der Waals surface area contributed by atoms with Crippen LogP contribution in [0.4, 0.5) is 5.82 Å². The molecule has 0 fully saturated rings. The van der Waals surface area contributed by atoms with E-state index >= 15 is 0 Å². The maximum Gasteiger partial charge on any atom is 0.257 e. The minimum Gasteiger partial charge on any atom is -0.383 e. The molecule has 7 nitrogen and oxygen atoms in total. The quantitative estimate of drug-likeness (QED) is 0.292. The van der Waals surface area contributed by atoms with Gasteiger partial charge in [-0.05, 0) is 35.1 Å². The highest BCUT2D eigenvalue weighted by atomic mass is 16.1. The maximum atomic E-state index is 13.1. The van der Waals surface area contributed by atoms with Crippen LogP contribution in [0.5, 0.6) is 0 Å². The molecule has 2 aromatic heterocycles. The number of fused-ring (bicyclic) bond motifs is 2. The van der Waals surface area contributed by atoms with Crippen molar-refractivity contribution < 1.29 is 4.79 Å². The van der Waals surface area contributed by atoms with Gasteiger partial charge in [0.1, 0.15) is 16.9 Å². The Kier molecular flexibility index (Phi) is 6.63. The number of nitrogens with two attached hydrogens (primary N) is 1. The van der Waals surface area contributed by atoms with Gasteiger partial charge in [-0.2, -0.15) is 9.78 Å². The van der Waals surface area contributed by atoms with E-state index in [0.29, 0.717) is 34.3 Å². The standard InChI is InChI=1S/C27H32N6O/c1-5-6-9-16-29-26(34)22-23-25(32-21-11-8-7-10-20(21)31-23)33(24(22)28)30-17-18-12-14-19(15-13-18)27(2,3)4/h7-8,10-15,17H,5-6,9,16,28H2,1-4H3,(H,29,34). The van der Waals surface area contributed by atoms with Crippen LogP contribution in [0.3, 0.4) is 0 Å². The summed E-state index contributed by atoms with van der Waals surface area (Å²) < 4.78 is 1.51. The summed E-state index contributed by atoms with van der Waals surface area (Å²) in [5, 5.41) is 7.57. The molecule has 0 saturated carbocycles. The molecule has 1 amide bonds. The summed E-state index contributed by atoms with van der Waals surface area (Å²) in [5.74, 6) is -0.0347. The van der Waals surface area contributed by atoms with E-state index < -0.39 is 0 Å². The third-order valence-corrected chi connectivity index (χ3v) is 5.87. The fourth-order valence-corrected chi connectivity index (χ4v) is 3.85. The van der Waals surface area contributed by atoms with E-state index in [4.69, 9.17) is 15.7 Å². The van der Waals surface area contributed by atoms with Crippen molar-refractivity contribution in [2.24, 2.45) is 5.10 Å². The predicted molar refractivity (Wildman–Crippen MR) is 139 cm³/mol. The van der Waals surface area contributed by atoms with Crippen molar-refractivity contribution in [3.05, 3.63) is 65.2 Å². The fraction of sp³-hybridized carbons (Fsp3) is 0.333. The number of nitrogens with zero attached hydrogens (tertiary/aromatic N) is 4. The summed E-state index contributed by atoms with van der Waals surface area (Å²) in [6, 6.07) is 15.8. The maximum absolute atomic E-state index is 13.1. The van der Waals surface area contributed by atoms with Gasteiger partial charge in [-0.25, -0.2) is 9.97 Å². The number of hydrogen-bond donors (Lipinski definition) is 2. The van der Waals surface area contributed by atoms with Crippen LogP contribution in [-0.4, -0.2) is 33.3 Å². The number of para-hydroxylation sites is 2. The number of nitrogen functional groups attached to an aromatic ring is 1. The smallest absolute Gasteiger partial charge is 0.257 e. The van der Waals surface area contributed by atoms with Gasteiger partial charge in [-0.1, -0.05) is 76.9 Å². The van der Waals surface area contributed by atoms with Gasteiger partial charge in [0, 0.05) is 6.54 Å². The molecule has 0 saturated heterocycles. The Morgan fingerprint density at radius 3 is 2.38 bits per heavy atom. The minimum atomic E-state index is -0.258. The lowest BCUT2D eigenvalue weighted by Crippen LogP contribution is -2.25. The summed E-state index contributed by atoms with van der Waals surface area (Å²) >= 11 is 0. The number of carbonyl (C=O) groups is 1. The third kappa shape index (κ3) is 4.78. The molecule has 0 atom stereocenters. The number of anilines is 1. The number of benzene rings is 2. The highest BCUT2D eigenvalue weighted by molar-refractivity contribution is 6.10. The van der Waals surface area contributed by atoms with Crippen LogP contribution in [0, 0.1) is 0 Å². The van der Waals surface area contributed by atoms with Crippen molar-refractivity contribution in [1.82, 2.24) is 20.0 Å². The number of nitrogens with one attached hydrogen (secondary N) is 1. The van der Waals surface area contributed by atoms with Crippen molar-refractivity contribution in [2.75, 3.05) is 12.3 Å². The first kappa shape index (κ1) is 23.4. The second kappa shape index (κ2) is 9.63. The Morgan fingerprint density at radius 2 is 1.74 bits per heavy atom. The van der Waals surface area contributed by atoms with Gasteiger partial charge < -0.3 is 11.1 Å². The van der Waals surface area contributed by atoms with Gasteiger partial charge in [0.2, 0.25) is 0 Å². The Hall–Kier alpha value is -3.74. The molecule has 0 unspecified atom stereocenters. The molecule has 2 aromatic carbocycles. The number of unbranched alkanes of at least 4 members (excludes halogenated alkanes) is 2. The average molecular weight is 457 g/mol. The Bertz CT molecular complexity index is 1350. The zero-order chi connectivity index (χ0) is 24.3. The van der Waals surface area contributed by atoms with Crippen molar-refractivity contribution in [3.63, 3.8) is 0 Å². The average Bonchev–Trinajstić information content (AvgIpc) is 3.08. The first-order valence-electron chi connectivity index (χ1n) is 11.8. The van der Waals surface area contributed by atoms with Crippen LogP contribution in [-0.2, 0) is 5.41 Å². The Balaban J connectivity index is 1.76. The van der Waals surface area contributed by atoms with Crippen LogP contribution >= 0.6 is 0 Å². The van der Waals surface area contributed by atoms with E-state index in [1.807, 2.05) is 36.4 Å². The predicted octanol–water partition coefficient (Wildman–Crippen LogP) is 5.27. The topological polar surface area (TPSA) is 98.2 Å². The normalized spacial score (nSPS) is 12.1. The molecule has 0 aliphatic carbocycles. The number of hydrogen-bond acceptors (Lipinski definition) is 5. The molecule has 0 bridgehead atoms. The second-order valence-corrected chi connectivity index (χ2v) is 9.54. The van der Waals surface area contributed by atoms with E-state index in [9.17, 15) is 4.79 Å². The van der Waals surface area contributed by atoms with E-state index in [2.05, 4.69) is 50.2 Å². The lowest BCUT2D eigenvalue weighted by molar-refractivity contribution is 0.0955. The van der Waals surface area contributed by atoms with E-state index in [1.54, 1.807) is 6.21 Å². The highest BCUT2D eigenvalue weighted by Gasteiger charge is 2.24. The second-order valence-electron chi connectivity index (χ2n) is 9.54.